The van der Waals surface area contributed by atoms with Gasteiger partial charge in [-0.25, -0.2) is 13.4 Å². The number of hydrogen-bond acceptors (Lipinski definition) is 6. The van der Waals surface area contributed by atoms with Crippen molar-refractivity contribution in [3.63, 3.8) is 0 Å². The number of nitrogens with zero attached hydrogens (tertiary/aromatic N) is 2. The molecule has 1 aromatic carbocycles. The number of aromatic nitrogens is 1. The van der Waals surface area contributed by atoms with Crippen LogP contribution in [0.15, 0.2) is 47.0 Å². The van der Waals surface area contributed by atoms with E-state index in [4.69, 9.17) is 4.42 Å². The molecule has 1 N–H and O–H groups in total. The van der Waals surface area contributed by atoms with E-state index in [0.29, 0.717) is 23.1 Å². The van der Waals surface area contributed by atoms with Crippen LogP contribution in [0.4, 0.5) is 5.82 Å². The highest BCUT2D eigenvalue weighted by Crippen LogP contribution is 2.27. The Hall–Kier alpha value is -2.87. The molecule has 3 heterocycles. The van der Waals surface area contributed by atoms with Gasteiger partial charge >= 0.3 is 0 Å². The van der Waals surface area contributed by atoms with Crippen LogP contribution in [0.2, 0.25) is 0 Å². The summed E-state index contributed by atoms with van der Waals surface area (Å²) in [5.41, 5.74) is 1.82. The summed E-state index contributed by atoms with van der Waals surface area (Å²) in [6.07, 6.45) is 5.22. The second-order valence-corrected chi connectivity index (χ2v) is 9.52. The number of amides is 1. The van der Waals surface area contributed by atoms with E-state index in [1.807, 2.05) is 12.1 Å². The lowest BCUT2D eigenvalue weighted by atomic mass is 10.1. The third kappa shape index (κ3) is 4.42. The largest absolute Gasteiger partial charge is 0.451 e. The Balaban J connectivity index is 1.55. The van der Waals surface area contributed by atoms with Crippen LogP contribution < -0.4 is 10.2 Å². The van der Waals surface area contributed by atoms with Crippen molar-refractivity contribution in [1.82, 2.24) is 10.3 Å². The van der Waals surface area contributed by atoms with Gasteiger partial charge in [-0.05, 0) is 36.6 Å². The van der Waals surface area contributed by atoms with Crippen LogP contribution in [0, 0.1) is 0 Å². The molecule has 0 spiro atoms. The van der Waals surface area contributed by atoms with Crippen molar-refractivity contribution in [3.8, 4) is 0 Å². The highest BCUT2D eigenvalue weighted by molar-refractivity contribution is 7.89. The zero-order chi connectivity index (χ0) is 20.4. The summed E-state index contributed by atoms with van der Waals surface area (Å²) in [5.74, 6) is 0.279. The van der Waals surface area contributed by atoms with E-state index in [1.54, 1.807) is 30.5 Å². The third-order valence-corrected chi connectivity index (χ3v) is 5.82. The minimum atomic E-state index is -3.33. The summed E-state index contributed by atoms with van der Waals surface area (Å²) in [5, 5.41) is 3.49. The molecule has 0 saturated carbocycles. The van der Waals surface area contributed by atoms with Crippen LogP contribution in [0.25, 0.3) is 11.0 Å². The molecule has 1 amide bonds. The minimum absolute atomic E-state index is 0.0467. The Morgan fingerprint density at radius 3 is 2.72 bits per heavy atom. The fourth-order valence-electron chi connectivity index (χ4n) is 3.64. The molecule has 3 aromatic rings. The van der Waals surface area contributed by atoms with E-state index in [9.17, 15) is 13.2 Å². The zero-order valence-electron chi connectivity index (χ0n) is 16.2. The normalized spacial score (nSPS) is 14.4. The van der Waals surface area contributed by atoms with Gasteiger partial charge < -0.3 is 14.6 Å². The number of benzene rings is 1. The lowest BCUT2D eigenvalue weighted by Gasteiger charge is -2.16. The molecule has 1 saturated heterocycles. The van der Waals surface area contributed by atoms with Crippen LogP contribution in [0.5, 0.6) is 0 Å². The average molecular weight is 413 g/mol. The van der Waals surface area contributed by atoms with Gasteiger partial charge in [0, 0.05) is 43.0 Å². The van der Waals surface area contributed by atoms with Crippen LogP contribution in [-0.4, -0.2) is 38.7 Å². The molecule has 8 heteroatoms. The van der Waals surface area contributed by atoms with Crippen molar-refractivity contribution < 1.29 is 17.6 Å². The number of sulfone groups is 1. The monoisotopic (exact) mass is 413 g/mol. The summed E-state index contributed by atoms with van der Waals surface area (Å²) in [6.45, 7) is 2.30. The van der Waals surface area contributed by atoms with E-state index in [0.717, 1.165) is 43.6 Å². The van der Waals surface area contributed by atoms with Crippen molar-refractivity contribution in [2.24, 2.45) is 0 Å². The van der Waals surface area contributed by atoms with Gasteiger partial charge in [0.15, 0.2) is 15.6 Å². The molecular formula is C21H23N3O4S. The van der Waals surface area contributed by atoms with Gasteiger partial charge in [-0.15, -0.1) is 0 Å². The van der Waals surface area contributed by atoms with Gasteiger partial charge in [-0.2, -0.15) is 0 Å². The summed E-state index contributed by atoms with van der Waals surface area (Å²) >= 11 is 0. The highest BCUT2D eigenvalue weighted by Gasteiger charge is 2.23. The van der Waals surface area contributed by atoms with E-state index < -0.39 is 15.7 Å². The summed E-state index contributed by atoms with van der Waals surface area (Å²) in [7, 11) is -3.33. The predicted molar refractivity (Wildman–Crippen MR) is 112 cm³/mol. The SMILES string of the molecule is CS(=O)(=O)Cc1c(C(=O)NCc2ccnc(N3CCCC3)c2)oc2ccccc12. The van der Waals surface area contributed by atoms with Crippen molar-refractivity contribution in [3.05, 3.63) is 59.5 Å². The quantitative estimate of drug-likeness (QED) is 0.668. The summed E-state index contributed by atoms with van der Waals surface area (Å²) < 4.78 is 29.5. The number of furan rings is 1. The standard InChI is InChI=1S/C21H23N3O4S/c1-29(26,27)14-17-16-6-2-3-7-18(16)28-20(17)21(25)23-13-15-8-9-22-19(12-15)24-10-4-5-11-24/h2-3,6-9,12H,4-5,10-11,13-14H2,1H3,(H,23,25). The van der Waals surface area contributed by atoms with Gasteiger partial charge in [-0.3, -0.25) is 4.79 Å². The van der Waals surface area contributed by atoms with Crippen LogP contribution in [0.1, 0.15) is 34.5 Å². The van der Waals surface area contributed by atoms with Crippen molar-refractivity contribution in [2.75, 3.05) is 24.2 Å². The molecule has 4 rings (SSSR count). The van der Waals surface area contributed by atoms with E-state index in [2.05, 4.69) is 15.2 Å². The maximum atomic E-state index is 12.8. The maximum Gasteiger partial charge on any atom is 0.287 e. The number of fused-ring (bicyclic) bond motifs is 1. The highest BCUT2D eigenvalue weighted by atomic mass is 32.2. The van der Waals surface area contributed by atoms with Crippen LogP contribution in [0.3, 0.4) is 0 Å². The van der Waals surface area contributed by atoms with Gasteiger partial charge in [0.05, 0.1) is 5.75 Å². The van der Waals surface area contributed by atoms with Crippen LogP contribution in [-0.2, 0) is 22.1 Å². The topological polar surface area (TPSA) is 92.5 Å². The zero-order valence-corrected chi connectivity index (χ0v) is 17.0. The molecule has 7 nitrogen and oxygen atoms in total. The number of pyridine rings is 1. The van der Waals surface area contributed by atoms with E-state index >= 15 is 0 Å². The first-order valence-electron chi connectivity index (χ1n) is 9.57. The molecule has 0 bridgehead atoms. The molecule has 0 atom stereocenters. The summed E-state index contributed by atoms with van der Waals surface area (Å²) in [6, 6.07) is 10.9. The number of carbonyl (C=O) groups excluding carboxylic acids is 1. The van der Waals surface area contributed by atoms with Gasteiger partial charge in [-0.1, -0.05) is 18.2 Å². The molecule has 1 fully saturated rings. The first-order valence-corrected chi connectivity index (χ1v) is 11.6. The molecule has 1 aliphatic heterocycles. The van der Waals surface area contributed by atoms with Crippen molar-refractivity contribution in [2.45, 2.75) is 25.1 Å². The lowest BCUT2D eigenvalue weighted by molar-refractivity contribution is 0.0924. The molecule has 0 radical (unpaired) electrons. The first-order chi connectivity index (χ1) is 13.9. The number of nitrogens with one attached hydrogen (secondary N) is 1. The van der Waals surface area contributed by atoms with E-state index in [1.165, 1.54) is 0 Å². The first kappa shape index (κ1) is 19.4. The predicted octanol–water partition coefficient (Wildman–Crippen LogP) is 2.90. The van der Waals surface area contributed by atoms with Gasteiger partial charge in [0.1, 0.15) is 11.4 Å². The lowest BCUT2D eigenvalue weighted by Crippen LogP contribution is -2.24. The van der Waals surface area contributed by atoms with Crippen molar-refractivity contribution in [1.29, 1.82) is 0 Å². The second kappa shape index (κ2) is 7.87. The second-order valence-electron chi connectivity index (χ2n) is 7.38. The van der Waals surface area contributed by atoms with Gasteiger partial charge in [0.25, 0.3) is 5.91 Å². The summed E-state index contributed by atoms with van der Waals surface area (Å²) in [4.78, 5) is 19.5. The molecule has 29 heavy (non-hydrogen) atoms. The minimum Gasteiger partial charge on any atom is -0.451 e. The Bertz CT molecular complexity index is 1150. The maximum absolute atomic E-state index is 12.8. The van der Waals surface area contributed by atoms with Crippen molar-refractivity contribution >= 4 is 32.5 Å². The number of hydrogen-bond donors (Lipinski definition) is 1. The third-order valence-electron chi connectivity index (χ3n) is 5.00. The smallest absolute Gasteiger partial charge is 0.287 e. The number of carbonyl (C=O) groups is 1. The molecule has 152 valence electrons. The molecule has 1 aliphatic rings. The number of anilines is 1. The fourth-order valence-corrected chi connectivity index (χ4v) is 4.45. The number of rotatable bonds is 6. The Labute approximate surface area is 169 Å². The Kier molecular flexibility index (Phi) is 5.27. The van der Waals surface area contributed by atoms with E-state index in [-0.39, 0.29) is 11.5 Å². The Morgan fingerprint density at radius 2 is 1.97 bits per heavy atom. The van der Waals surface area contributed by atoms with Crippen LogP contribution >= 0.6 is 0 Å². The van der Waals surface area contributed by atoms with Gasteiger partial charge in [0.2, 0.25) is 0 Å². The number of para-hydroxylation sites is 1. The molecule has 0 aliphatic carbocycles. The molecular weight excluding hydrogens is 390 g/mol. The fraction of sp³-hybridized carbons (Fsp3) is 0.333. The molecule has 2 aromatic heterocycles. The average Bonchev–Trinajstić information content (AvgIpc) is 3.34. The Morgan fingerprint density at radius 1 is 1.21 bits per heavy atom. The molecule has 0 unspecified atom stereocenters.